The molecule has 0 N–H and O–H groups in total. The maximum atomic E-state index is 12.9. The Kier molecular flexibility index (Phi) is 4.68. The summed E-state index contributed by atoms with van der Waals surface area (Å²) in [5, 5.41) is 2.64. The highest BCUT2D eigenvalue weighted by molar-refractivity contribution is 6.99. The summed E-state index contributed by atoms with van der Waals surface area (Å²) in [5.74, 6) is 1.50. The van der Waals surface area contributed by atoms with Crippen molar-refractivity contribution in [2.45, 2.75) is 58.1 Å². The van der Waals surface area contributed by atoms with E-state index in [4.69, 9.17) is 4.43 Å². The number of benzene rings is 2. The standard InChI is InChI=1S/C27H32O2Si/c1-18-21-15-16-22-24(17-23(25(21)22)26(18)28)29-30(27(2,3)4,19-11-7-5-8-12-19)20-13-9-6-10-14-20/h5-14,22-25H,15-17H2,1-4H3/t22-,23+,24-,25-/m0/s1. The molecule has 0 amide bonds. The summed E-state index contributed by atoms with van der Waals surface area (Å²) >= 11 is 0. The van der Waals surface area contributed by atoms with Crippen LogP contribution in [-0.2, 0) is 9.22 Å². The minimum atomic E-state index is -2.57. The minimum Gasteiger partial charge on any atom is -0.404 e. The topological polar surface area (TPSA) is 26.3 Å². The number of carbonyl (C=O) groups excluding carboxylic acids is 1. The number of Topliss-reactive ketones (excluding diaryl/α,β-unsaturated/α-hetero) is 1. The van der Waals surface area contributed by atoms with Crippen molar-refractivity contribution >= 4 is 24.5 Å². The van der Waals surface area contributed by atoms with E-state index >= 15 is 0 Å². The number of allylic oxidation sites excluding steroid dienone is 2. The van der Waals surface area contributed by atoms with Crippen LogP contribution >= 0.6 is 0 Å². The van der Waals surface area contributed by atoms with Crippen LogP contribution in [0.5, 0.6) is 0 Å². The molecule has 3 heteroatoms. The zero-order valence-corrected chi connectivity index (χ0v) is 19.5. The van der Waals surface area contributed by atoms with Crippen molar-refractivity contribution in [1.82, 2.24) is 0 Å². The lowest BCUT2D eigenvalue weighted by molar-refractivity contribution is -0.118. The molecule has 5 rings (SSSR count). The molecular formula is C27H32O2Si. The van der Waals surface area contributed by atoms with Crippen LogP contribution in [0.3, 0.4) is 0 Å². The van der Waals surface area contributed by atoms with Crippen LogP contribution in [0, 0.1) is 17.8 Å². The molecule has 0 aliphatic heterocycles. The zero-order chi connectivity index (χ0) is 21.1. The van der Waals surface area contributed by atoms with Crippen molar-refractivity contribution in [2.24, 2.45) is 17.8 Å². The van der Waals surface area contributed by atoms with E-state index in [0.29, 0.717) is 17.6 Å². The van der Waals surface area contributed by atoms with Crippen LogP contribution in [0.2, 0.25) is 5.04 Å². The quantitative estimate of drug-likeness (QED) is 0.664. The van der Waals surface area contributed by atoms with Gasteiger partial charge in [0.1, 0.15) is 0 Å². The lowest BCUT2D eigenvalue weighted by atomic mass is 9.93. The fourth-order valence-electron chi connectivity index (χ4n) is 6.65. The minimum absolute atomic E-state index is 0.0232. The molecule has 0 heterocycles. The van der Waals surface area contributed by atoms with Crippen LogP contribution < -0.4 is 10.4 Å². The van der Waals surface area contributed by atoms with E-state index in [-0.39, 0.29) is 17.1 Å². The summed E-state index contributed by atoms with van der Waals surface area (Å²) in [4.78, 5) is 12.9. The summed E-state index contributed by atoms with van der Waals surface area (Å²) in [6.07, 6.45) is 3.31. The van der Waals surface area contributed by atoms with Crippen LogP contribution in [0.15, 0.2) is 71.8 Å². The maximum absolute atomic E-state index is 12.9. The van der Waals surface area contributed by atoms with Crippen molar-refractivity contribution in [1.29, 1.82) is 0 Å². The monoisotopic (exact) mass is 416 g/mol. The van der Waals surface area contributed by atoms with E-state index in [1.807, 2.05) is 0 Å². The van der Waals surface area contributed by atoms with Crippen molar-refractivity contribution in [3.63, 3.8) is 0 Å². The second-order valence-corrected chi connectivity index (χ2v) is 14.7. The van der Waals surface area contributed by atoms with Gasteiger partial charge in [-0.25, -0.2) is 0 Å². The third-order valence-electron chi connectivity index (χ3n) is 7.94. The molecule has 2 aromatic carbocycles. The molecule has 0 aromatic heterocycles. The van der Waals surface area contributed by atoms with E-state index < -0.39 is 8.32 Å². The fourth-order valence-corrected chi connectivity index (χ4v) is 11.4. The van der Waals surface area contributed by atoms with Gasteiger partial charge < -0.3 is 4.43 Å². The first-order chi connectivity index (χ1) is 14.3. The molecule has 0 spiro atoms. The van der Waals surface area contributed by atoms with Gasteiger partial charge in [-0.15, -0.1) is 0 Å². The predicted octanol–water partition coefficient (Wildman–Crippen LogP) is 4.88. The van der Waals surface area contributed by atoms with Gasteiger partial charge in [-0.2, -0.15) is 0 Å². The molecule has 0 bridgehead atoms. The van der Waals surface area contributed by atoms with Crippen molar-refractivity contribution in [3.8, 4) is 0 Å². The van der Waals surface area contributed by atoms with Gasteiger partial charge in [-0.1, -0.05) is 87.0 Å². The second-order valence-electron chi connectivity index (χ2n) is 10.4. The molecule has 2 fully saturated rings. The third kappa shape index (κ3) is 2.75. The summed E-state index contributed by atoms with van der Waals surface area (Å²) < 4.78 is 7.45. The van der Waals surface area contributed by atoms with E-state index in [2.05, 4.69) is 88.4 Å². The lowest BCUT2D eigenvalue weighted by Gasteiger charge is -2.45. The van der Waals surface area contributed by atoms with Gasteiger partial charge in [0.25, 0.3) is 8.32 Å². The molecule has 30 heavy (non-hydrogen) atoms. The molecule has 4 atom stereocenters. The van der Waals surface area contributed by atoms with E-state index in [9.17, 15) is 4.79 Å². The highest BCUT2D eigenvalue weighted by Gasteiger charge is 2.59. The SMILES string of the molecule is CC1=C2CC[C@@H]3[C@H]2[C@@H](C[C@@H]3O[Si](c2ccccc2)(c2ccccc2)C(C)(C)C)C1=O. The van der Waals surface area contributed by atoms with Gasteiger partial charge in [0, 0.05) is 12.0 Å². The average molecular weight is 417 g/mol. The lowest BCUT2D eigenvalue weighted by Crippen LogP contribution is -2.68. The van der Waals surface area contributed by atoms with Gasteiger partial charge in [-0.3, -0.25) is 4.79 Å². The number of ketones is 1. The first kappa shape index (κ1) is 20.0. The van der Waals surface area contributed by atoms with E-state index in [1.165, 1.54) is 22.4 Å². The molecule has 3 aliphatic carbocycles. The van der Waals surface area contributed by atoms with Gasteiger partial charge in [0.2, 0.25) is 0 Å². The molecule has 2 aromatic rings. The van der Waals surface area contributed by atoms with Crippen molar-refractivity contribution in [2.75, 3.05) is 0 Å². The average Bonchev–Trinajstić information content (AvgIpc) is 3.38. The van der Waals surface area contributed by atoms with Gasteiger partial charge in [-0.05, 0) is 59.0 Å². The Morgan fingerprint density at radius 2 is 1.50 bits per heavy atom. The number of hydrogen-bond donors (Lipinski definition) is 0. The van der Waals surface area contributed by atoms with E-state index in [0.717, 1.165) is 18.4 Å². The van der Waals surface area contributed by atoms with Crippen LogP contribution in [-0.4, -0.2) is 20.2 Å². The highest BCUT2D eigenvalue weighted by atomic mass is 28.4. The number of rotatable bonds is 4. The molecule has 2 nitrogen and oxygen atoms in total. The number of hydrogen-bond acceptors (Lipinski definition) is 2. The molecule has 0 unspecified atom stereocenters. The Balaban J connectivity index is 1.62. The smallest absolute Gasteiger partial charge is 0.261 e. The maximum Gasteiger partial charge on any atom is 0.261 e. The van der Waals surface area contributed by atoms with Gasteiger partial charge >= 0.3 is 0 Å². The molecule has 0 saturated heterocycles. The Morgan fingerprint density at radius 1 is 0.933 bits per heavy atom. The second kappa shape index (κ2) is 7.03. The van der Waals surface area contributed by atoms with Crippen LogP contribution in [0.25, 0.3) is 0 Å². The summed E-state index contributed by atoms with van der Waals surface area (Å²) in [7, 11) is -2.57. The van der Waals surface area contributed by atoms with Crippen LogP contribution in [0.4, 0.5) is 0 Å². The van der Waals surface area contributed by atoms with Crippen molar-refractivity contribution < 1.29 is 9.22 Å². The molecule has 3 aliphatic rings. The summed E-state index contributed by atoms with van der Waals surface area (Å²) in [6, 6.07) is 21.8. The zero-order valence-electron chi connectivity index (χ0n) is 18.5. The highest BCUT2D eigenvalue weighted by Crippen LogP contribution is 2.58. The summed E-state index contributed by atoms with van der Waals surface area (Å²) in [5.41, 5.74) is 2.51. The molecular weight excluding hydrogens is 384 g/mol. The molecule has 0 radical (unpaired) electrons. The third-order valence-corrected chi connectivity index (χ3v) is 13.0. The molecule has 156 valence electrons. The summed E-state index contributed by atoms with van der Waals surface area (Å²) in [6.45, 7) is 9.06. The predicted molar refractivity (Wildman–Crippen MR) is 125 cm³/mol. The first-order valence-electron chi connectivity index (χ1n) is 11.4. The van der Waals surface area contributed by atoms with E-state index in [1.54, 1.807) is 0 Å². The Bertz CT molecular complexity index is 947. The van der Waals surface area contributed by atoms with Gasteiger partial charge in [0.15, 0.2) is 5.78 Å². The normalized spacial score (nSPS) is 28.3. The Morgan fingerprint density at radius 3 is 2.03 bits per heavy atom. The van der Waals surface area contributed by atoms with Gasteiger partial charge in [0.05, 0.1) is 0 Å². The fraction of sp³-hybridized carbons (Fsp3) is 0.444. The Labute approximate surface area is 181 Å². The Hall–Kier alpha value is -1.97. The van der Waals surface area contributed by atoms with Crippen molar-refractivity contribution in [3.05, 3.63) is 71.8 Å². The molecule has 2 saturated carbocycles. The van der Waals surface area contributed by atoms with Crippen LogP contribution in [0.1, 0.15) is 47.0 Å². The largest absolute Gasteiger partial charge is 0.404 e. The first-order valence-corrected chi connectivity index (χ1v) is 13.3. The number of carbonyl (C=O) groups is 1.